The number of nitrogens with one attached hydrogen (secondary N) is 1. The number of aliphatic hydroxyl groups is 1. The van der Waals surface area contributed by atoms with Crippen LogP contribution in [0.1, 0.15) is 36.8 Å². The van der Waals surface area contributed by atoms with Gasteiger partial charge < -0.3 is 10.2 Å². The Morgan fingerprint density at radius 2 is 2.25 bits per heavy atom. The number of aromatic hydroxyl groups is 1. The van der Waals surface area contributed by atoms with Crippen LogP contribution in [0.5, 0.6) is 5.75 Å². The summed E-state index contributed by atoms with van der Waals surface area (Å²) >= 11 is 5.55. The van der Waals surface area contributed by atoms with Crippen molar-refractivity contribution in [2.45, 2.75) is 43.1 Å². The Morgan fingerprint density at radius 1 is 1.42 bits per heavy atom. The van der Waals surface area contributed by atoms with E-state index >= 15 is 0 Å². The van der Waals surface area contributed by atoms with E-state index in [2.05, 4.69) is 22.9 Å². The quantitative estimate of drug-likeness (QED) is 0.581. The first-order chi connectivity index (χ1) is 11.5. The Kier molecular flexibility index (Phi) is 4.78. The van der Waals surface area contributed by atoms with E-state index in [1.165, 1.54) is 11.1 Å². The fourth-order valence-corrected chi connectivity index (χ4v) is 4.53. The van der Waals surface area contributed by atoms with Crippen molar-refractivity contribution in [2.75, 3.05) is 7.11 Å². The molecule has 0 saturated heterocycles. The molecule has 4 nitrogen and oxygen atoms in total. The van der Waals surface area contributed by atoms with Gasteiger partial charge in [0.15, 0.2) is 0 Å². The molecule has 1 aromatic rings. The maximum absolute atomic E-state index is 10.7. The molecule has 3 N–H and O–H groups in total. The van der Waals surface area contributed by atoms with Crippen LogP contribution >= 0.6 is 11.6 Å². The van der Waals surface area contributed by atoms with Crippen molar-refractivity contribution in [3.63, 3.8) is 0 Å². The Morgan fingerprint density at radius 3 is 3.00 bits per heavy atom. The highest BCUT2D eigenvalue weighted by molar-refractivity contribution is 6.30. The van der Waals surface area contributed by atoms with Gasteiger partial charge in [-0.3, -0.25) is 10.3 Å². The van der Waals surface area contributed by atoms with Crippen LogP contribution in [0.15, 0.2) is 30.5 Å². The SMILES string of the molecule is CONC=C[C@@]12CC[C@](O)(C#CCl)C[C@H]1CCc1cc(O)ccc12. The first-order valence-corrected chi connectivity index (χ1v) is 8.54. The fraction of sp³-hybridized carbons (Fsp3) is 0.474. The molecule has 1 saturated carbocycles. The van der Waals surface area contributed by atoms with Crippen LogP contribution in [0.2, 0.25) is 0 Å². The Hall–Kier alpha value is -1.67. The van der Waals surface area contributed by atoms with Crippen molar-refractivity contribution in [1.82, 2.24) is 5.48 Å². The molecule has 0 bridgehead atoms. The highest BCUT2D eigenvalue weighted by Crippen LogP contribution is 2.53. The second-order valence-corrected chi connectivity index (χ2v) is 6.92. The van der Waals surface area contributed by atoms with E-state index < -0.39 is 5.60 Å². The average molecular weight is 348 g/mol. The topological polar surface area (TPSA) is 61.7 Å². The lowest BCUT2D eigenvalue weighted by Crippen LogP contribution is -2.48. The molecular weight excluding hydrogens is 326 g/mol. The Labute approximate surface area is 147 Å². The van der Waals surface area contributed by atoms with Gasteiger partial charge in [0.2, 0.25) is 0 Å². The zero-order chi connectivity index (χ0) is 17.2. The van der Waals surface area contributed by atoms with E-state index in [4.69, 9.17) is 16.4 Å². The van der Waals surface area contributed by atoms with Gasteiger partial charge in [0.1, 0.15) is 11.4 Å². The Bertz CT molecular complexity index is 708. The summed E-state index contributed by atoms with van der Waals surface area (Å²) in [6.07, 6.45) is 7.66. The number of fused-ring (bicyclic) bond motifs is 3. The fourth-order valence-electron chi connectivity index (χ4n) is 4.36. The predicted molar refractivity (Wildman–Crippen MR) is 93.3 cm³/mol. The van der Waals surface area contributed by atoms with Crippen molar-refractivity contribution in [2.24, 2.45) is 5.92 Å². The normalized spacial score (nSPS) is 31.7. The van der Waals surface area contributed by atoms with E-state index in [0.29, 0.717) is 18.6 Å². The molecule has 0 radical (unpaired) electrons. The van der Waals surface area contributed by atoms with Crippen LogP contribution < -0.4 is 5.48 Å². The molecule has 0 aliphatic heterocycles. The molecule has 2 aliphatic rings. The molecule has 0 spiro atoms. The lowest BCUT2D eigenvalue weighted by molar-refractivity contribution is 0.00523. The third-order valence-corrected chi connectivity index (χ3v) is 5.56. The predicted octanol–water partition coefficient (Wildman–Crippen LogP) is 2.97. The second-order valence-electron chi connectivity index (χ2n) is 6.73. The van der Waals surface area contributed by atoms with Gasteiger partial charge in [-0.25, -0.2) is 0 Å². The van der Waals surface area contributed by atoms with Crippen molar-refractivity contribution < 1.29 is 15.1 Å². The van der Waals surface area contributed by atoms with Gasteiger partial charge in [0.05, 0.1) is 7.11 Å². The molecule has 0 amide bonds. The molecule has 0 heterocycles. The maximum Gasteiger partial charge on any atom is 0.127 e. The summed E-state index contributed by atoms with van der Waals surface area (Å²) < 4.78 is 0. The van der Waals surface area contributed by atoms with Crippen molar-refractivity contribution >= 4 is 11.6 Å². The van der Waals surface area contributed by atoms with E-state index in [1.807, 2.05) is 18.3 Å². The zero-order valence-electron chi connectivity index (χ0n) is 13.7. The monoisotopic (exact) mass is 347 g/mol. The number of phenolic OH excluding ortho intramolecular Hbond substituents is 1. The molecule has 1 fully saturated rings. The van der Waals surface area contributed by atoms with Crippen LogP contribution in [0.25, 0.3) is 0 Å². The van der Waals surface area contributed by atoms with Gasteiger partial charge in [0, 0.05) is 17.0 Å². The molecule has 2 aliphatic carbocycles. The average Bonchev–Trinajstić information content (AvgIpc) is 2.55. The minimum absolute atomic E-state index is 0.201. The lowest BCUT2D eigenvalue weighted by atomic mass is 9.54. The highest BCUT2D eigenvalue weighted by Gasteiger charge is 2.50. The van der Waals surface area contributed by atoms with Crippen molar-refractivity contribution in [1.29, 1.82) is 0 Å². The molecule has 0 unspecified atom stereocenters. The number of aryl methyl sites for hydroxylation is 1. The van der Waals surface area contributed by atoms with Gasteiger partial charge in [-0.05, 0) is 72.9 Å². The molecule has 24 heavy (non-hydrogen) atoms. The van der Waals surface area contributed by atoms with Gasteiger partial charge in [-0.1, -0.05) is 18.1 Å². The van der Waals surface area contributed by atoms with Gasteiger partial charge in [-0.15, -0.1) is 0 Å². The van der Waals surface area contributed by atoms with E-state index in [1.54, 1.807) is 13.2 Å². The number of halogens is 1. The van der Waals surface area contributed by atoms with E-state index in [-0.39, 0.29) is 11.3 Å². The molecule has 128 valence electrons. The number of rotatable bonds is 3. The number of hydroxylamine groups is 1. The standard InChI is InChI=1S/C19H22ClNO3/c1-24-21-11-9-19-7-6-18(23,8-10-20)13-15(19)3-2-14-12-16(22)4-5-17(14)19/h4-5,9,11-12,15,21-23H,2-3,6-7,13H2,1H3/t15-,18+,19+/m1/s1. The zero-order valence-corrected chi connectivity index (χ0v) is 14.4. The first-order valence-electron chi connectivity index (χ1n) is 8.17. The molecule has 3 atom stereocenters. The number of phenols is 1. The third-order valence-electron chi connectivity index (χ3n) is 5.46. The molecule has 5 heteroatoms. The summed E-state index contributed by atoms with van der Waals surface area (Å²) in [5, 5.41) is 22.9. The number of allylic oxidation sites excluding steroid dienone is 1. The minimum Gasteiger partial charge on any atom is -0.508 e. The number of hydrogen-bond acceptors (Lipinski definition) is 4. The van der Waals surface area contributed by atoms with Gasteiger partial charge in [-0.2, -0.15) is 0 Å². The summed E-state index contributed by atoms with van der Waals surface area (Å²) in [5.41, 5.74) is 3.93. The van der Waals surface area contributed by atoms with Crippen LogP contribution in [0, 0.1) is 17.2 Å². The molecule has 0 aromatic heterocycles. The molecular formula is C19H22ClNO3. The number of benzene rings is 1. The summed E-state index contributed by atoms with van der Waals surface area (Å²) in [6, 6.07) is 5.59. The summed E-state index contributed by atoms with van der Waals surface area (Å²) in [4.78, 5) is 4.93. The Balaban J connectivity index is 2.04. The summed E-state index contributed by atoms with van der Waals surface area (Å²) in [6.45, 7) is 0. The highest BCUT2D eigenvalue weighted by atomic mass is 35.5. The second kappa shape index (κ2) is 6.68. The first kappa shape index (κ1) is 17.2. The molecule has 1 aromatic carbocycles. The van der Waals surface area contributed by atoms with Crippen molar-refractivity contribution in [3.8, 4) is 17.0 Å². The van der Waals surface area contributed by atoms with Gasteiger partial charge >= 0.3 is 0 Å². The number of hydrogen-bond donors (Lipinski definition) is 3. The van der Waals surface area contributed by atoms with E-state index in [9.17, 15) is 10.2 Å². The van der Waals surface area contributed by atoms with Crippen LogP contribution in [0.4, 0.5) is 0 Å². The van der Waals surface area contributed by atoms with Crippen LogP contribution in [-0.4, -0.2) is 22.9 Å². The largest absolute Gasteiger partial charge is 0.508 e. The third kappa shape index (κ3) is 3.00. The lowest BCUT2D eigenvalue weighted by Gasteiger charge is -2.50. The van der Waals surface area contributed by atoms with Crippen molar-refractivity contribution in [3.05, 3.63) is 41.6 Å². The van der Waals surface area contributed by atoms with E-state index in [0.717, 1.165) is 19.3 Å². The maximum atomic E-state index is 10.7. The van der Waals surface area contributed by atoms with Crippen LogP contribution in [-0.2, 0) is 16.7 Å². The smallest absolute Gasteiger partial charge is 0.127 e. The minimum atomic E-state index is -1.02. The summed E-state index contributed by atoms with van der Waals surface area (Å²) in [7, 11) is 1.57. The summed E-state index contributed by atoms with van der Waals surface area (Å²) in [5.74, 6) is 3.32. The van der Waals surface area contributed by atoms with Crippen LogP contribution in [0.3, 0.4) is 0 Å². The molecule has 3 rings (SSSR count). The van der Waals surface area contributed by atoms with Gasteiger partial charge in [0.25, 0.3) is 0 Å².